The third-order valence-electron chi connectivity index (χ3n) is 5.02. The van der Waals surface area contributed by atoms with Crippen molar-refractivity contribution in [3.8, 4) is 0 Å². The van der Waals surface area contributed by atoms with Gasteiger partial charge in [0.25, 0.3) is 0 Å². The molecular formula is C21H34N4O2. The Morgan fingerprint density at radius 2 is 1.93 bits per heavy atom. The normalized spacial score (nSPS) is 20.8. The van der Waals surface area contributed by atoms with E-state index < -0.39 is 6.04 Å². The summed E-state index contributed by atoms with van der Waals surface area (Å²) in [5, 5.41) is 12.2. The summed E-state index contributed by atoms with van der Waals surface area (Å²) < 4.78 is 0. The molecule has 3 unspecified atom stereocenters. The highest BCUT2D eigenvalue weighted by molar-refractivity contribution is 5.87. The van der Waals surface area contributed by atoms with E-state index in [1.54, 1.807) is 0 Å². The molecule has 0 spiro atoms. The molecule has 4 N–H and O–H groups in total. The molecule has 0 radical (unpaired) electrons. The minimum atomic E-state index is -0.523. The summed E-state index contributed by atoms with van der Waals surface area (Å²) in [6.07, 6.45) is 1.53. The molecule has 0 aromatic heterocycles. The maximum absolute atomic E-state index is 12.8. The minimum Gasteiger partial charge on any atom is -0.351 e. The van der Waals surface area contributed by atoms with Gasteiger partial charge in [-0.2, -0.15) is 0 Å². The Hall–Kier alpha value is -2.08. The lowest BCUT2D eigenvalue weighted by molar-refractivity contribution is -0.124. The van der Waals surface area contributed by atoms with Crippen molar-refractivity contribution in [2.45, 2.75) is 59.2 Å². The predicted molar refractivity (Wildman–Crippen MR) is 108 cm³/mol. The highest BCUT2D eigenvalue weighted by Gasteiger charge is 2.27. The lowest BCUT2D eigenvalue weighted by atomic mass is 9.94. The molecule has 1 fully saturated rings. The van der Waals surface area contributed by atoms with E-state index in [1.165, 1.54) is 5.56 Å². The number of rotatable bonds is 7. The molecule has 0 aliphatic carbocycles. The first-order chi connectivity index (χ1) is 12.8. The second-order valence-corrected chi connectivity index (χ2v) is 8.08. The molecule has 27 heavy (non-hydrogen) atoms. The largest absolute Gasteiger partial charge is 0.351 e. The number of benzene rings is 1. The Bertz CT molecular complexity index is 615. The molecule has 3 amide bonds. The molecule has 3 atom stereocenters. The summed E-state index contributed by atoms with van der Waals surface area (Å²) in [5.41, 5.74) is 2.22. The Labute approximate surface area is 162 Å². The van der Waals surface area contributed by atoms with Gasteiger partial charge in [-0.3, -0.25) is 4.79 Å². The molecule has 6 heteroatoms. The third kappa shape index (κ3) is 7.21. The monoisotopic (exact) mass is 374 g/mol. The molecule has 2 rings (SSSR count). The zero-order chi connectivity index (χ0) is 19.8. The molecule has 1 aliphatic rings. The van der Waals surface area contributed by atoms with Gasteiger partial charge in [0, 0.05) is 12.6 Å². The highest BCUT2D eigenvalue weighted by Crippen LogP contribution is 2.12. The Kier molecular flexibility index (Phi) is 8.10. The average molecular weight is 375 g/mol. The van der Waals surface area contributed by atoms with Crippen molar-refractivity contribution < 1.29 is 9.59 Å². The second-order valence-electron chi connectivity index (χ2n) is 8.08. The number of piperidine rings is 1. The number of hydrogen-bond acceptors (Lipinski definition) is 3. The van der Waals surface area contributed by atoms with Crippen LogP contribution in [0.5, 0.6) is 0 Å². The van der Waals surface area contributed by atoms with Crippen LogP contribution in [0.3, 0.4) is 0 Å². The van der Waals surface area contributed by atoms with Crippen LogP contribution in [-0.4, -0.2) is 37.1 Å². The van der Waals surface area contributed by atoms with Crippen LogP contribution >= 0.6 is 0 Å². The van der Waals surface area contributed by atoms with Crippen LogP contribution in [0.15, 0.2) is 24.3 Å². The average Bonchev–Trinajstić information content (AvgIpc) is 2.62. The first-order valence-corrected chi connectivity index (χ1v) is 9.96. The van der Waals surface area contributed by atoms with Gasteiger partial charge in [-0.15, -0.1) is 0 Å². The van der Waals surface area contributed by atoms with Gasteiger partial charge in [-0.25, -0.2) is 4.79 Å². The van der Waals surface area contributed by atoms with Crippen LogP contribution in [0.2, 0.25) is 0 Å². The van der Waals surface area contributed by atoms with Gasteiger partial charge >= 0.3 is 6.03 Å². The Morgan fingerprint density at radius 1 is 1.22 bits per heavy atom. The number of aryl methyl sites for hydroxylation is 1. The van der Waals surface area contributed by atoms with Crippen molar-refractivity contribution in [2.75, 3.05) is 13.1 Å². The predicted octanol–water partition coefficient (Wildman–Crippen LogP) is 2.32. The quantitative estimate of drug-likeness (QED) is 0.591. The van der Waals surface area contributed by atoms with Crippen LogP contribution < -0.4 is 21.3 Å². The Balaban J connectivity index is 1.88. The van der Waals surface area contributed by atoms with Gasteiger partial charge in [0.2, 0.25) is 5.91 Å². The first kappa shape index (κ1) is 21.2. The van der Waals surface area contributed by atoms with E-state index in [0.717, 1.165) is 25.1 Å². The van der Waals surface area contributed by atoms with Gasteiger partial charge in [-0.1, -0.05) is 50.6 Å². The molecule has 1 saturated heterocycles. The minimum absolute atomic E-state index is 0.0899. The van der Waals surface area contributed by atoms with E-state index >= 15 is 0 Å². The molecule has 1 aromatic carbocycles. The van der Waals surface area contributed by atoms with Crippen molar-refractivity contribution in [1.82, 2.24) is 21.3 Å². The van der Waals surface area contributed by atoms with Crippen molar-refractivity contribution in [1.29, 1.82) is 0 Å². The van der Waals surface area contributed by atoms with Gasteiger partial charge in [0.1, 0.15) is 6.04 Å². The fourth-order valence-electron chi connectivity index (χ4n) is 3.31. The zero-order valence-electron chi connectivity index (χ0n) is 17.0. The van der Waals surface area contributed by atoms with Gasteiger partial charge in [0.15, 0.2) is 0 Å². The van der Waals surface area contributed by atoms with Gasteiger partial charge < -0.3 is 21.3 Å². The number of carbonyl (C=O) groups excluding carboxylic acids is 2. The smallest absolute Gasteiger partial charge is 0.315 e. The molecule has 1 heterocycles. The Morgan fingerprint density at radius 3 is 2.56 bits per heavy atom. The number of urea groups is 1. The van der Waals surface area contributed by atoms with E-state index in [1.807, 2.05) is 31.2 Å². The number of amides is 3. The van der Waals surface area contributed by atoms with Crippen molar-refractivity contribution in [2.24, 2.45) is 11.8 Å². The molecule has 150 valence electrons. The fraction of sp³-hybridized carbons (Fsp3) is 0.619. The lowest BCUT2D eigenvalue weighted by Gasteiger charge is -2.32. The third-order valence-corrected chi connectivity index (χ3v) is 5.02. The lowest BCUT2D eigenvalue weighted by Crippen LogP contribution is -2.55. The summed E-state index contributed by atoms with van der Waals surface area (Å²) in [6, 6.07) is 7.35. The number of nitrogens with one attached hydrogen (secondary N) is 4. The van der Waals surface area contributed by atoms with Crippen molar-refractivity contribution >= 4 is 11.9 Å². The first-order valence-electron chi connectivity index (χ1n) is 9.96. The van der Waals surface area contributed by atoms with Crippen LogP contribution in [0, 0.1) is 18.8 Å². The zero-order valence-corrected chi connectivity index (χ0v) is 17.0. The summed E-state index contributed by atoms with van der Waals surface area (Å²) >= 11 is 0. The van der Waals surface area contributed by atoms with Crippen molar-refractivity contribution in [3.05, 3.63) is 35.4 Å². The van der Waals surface area contributed by atoms with E-state index in [-0.39, 0.29) is 18.0 Å². The van der Waals surface area contributed by atoms with Crippen LogP contribution in [0.4, 0.5) is 4.79 Å². The fourth-order valence-corrected chi connectivity index (χ4v) is 3.31. The summed E-state index contributed by atoms with van der Waals surface area (Å²) in [5.74, 6) is 0.606. The van der Waals surface area contributed by atoms with E-state index in [2.05, 4.69) is 42.0 Å². The number of hydrogen-bond donors (Lipinski definition) is 4. The van der Waals surface area contributed by atoms with E-state index in [4.69, 9.17) is 0 Å². The standard InChI is InChI=1S/C21H34N4O2/c1-14(2)11-19(20(26)24-18-9-10-22-12-16(18)4)25-21(27)23-13-17-7-5-15(3)6-8-17/h5-8,14,16,18-19,22H,9-13H2,1-4H3,(H,24,26)(H2,23,25,27). The van der Waals surface area contributed by atoms with Crippen molar-refractivity contribution in [3.63, 3.8) is 0 Å². The molecule has 1 aromatic rings. The number of carbonyl (C=O) groups is 2. The van der Waals surface area contributed by atoms with Crippen LogP contribution in [0.1, 0.15) is 44.7 Å². The highest BCUT2D eigenvalue weighted by atomic mass is 16.2. The van der Waals surface area contributed by atoms with E-state index in [9.17, 15) is 9.59 Å². The maximum Gasteiger partial charge on any atom is 0.315 e. The molecular weight excluding hydrogens is 340 g/mol. The molecule has 6 nitrogen and oxygen atoms in total. The summed E-state index contributed by atoms with van der Waals surface area (Å²) in [7, 11) is 0. The van der Waals surface area contributed by atoms with Crippen LogP contribution in [0.25, 0.3) is 0 Å². The van der Waals surface area contributed by atoms with Gasteiger partial charge in [0.05, 0.1) is 0 Å². The summed E-state index contributed by atoms with van der Waals surface area (Å²) in [6.45, 7) is 10.5. The molecule has 0 saturated carbocycles. The second kappa shape index (κ2) is 10.3. The van der Waals surface area contributed by atoms with E-state index in [0.29, 0.717) is 24.8 Å². The molecule has 0 bridgehead atoms. The summed E-state index contributed by atoms with van der Waals surface area (Å²) in [4.78, 5) is 25.1. The SMILES string of the molecule is Cc1ccc(CNC(=O)NC(CC(C)C)C(=O)NC2CCNCC2C)cc1. The molecule has 1 aliphatic heterocycles. The maximum atomic E-state index is 12.8. The van der Waals surface area contributed by atoms with Crippen LogP contribution in [-0.2, 0) is 11.3 Å². The topological polar surface area (TPSA) is 82.3 Å². The van der Waals surface area contributed by atoms with Gasteiger partial charge in [-0.05, 0) is 50.3 Å².